The number of imidazole rings is 1. The van der Waals surface area contributed by atoms with Crippen LogP contribution in [0.25, 0.3) is 22.8 Å². The third kappa shape index (κ3) is 3.90. The van der Waals surface area contributed by atoms with Crippen LogP contribution in [-0.4, -0.2) is 29.4 Å². The van der Waals surface area contributed by atoms with Crippen molar-refractivity contribution in [3.63, 3.8) is 0 Å². The molecular formula is C26H25N3O. The van der Waals surface area contributed by atoms with Crippen LogP contribution in [0.2, 0.25) is 0 Å². The van der Waals surface area contributed by atoms with Crippen LogP contribution in [-0.2, 0) is 0 Å². The van der Waals surface area contributed by atoms with Crippen LogP contribution >= 0.6 is 0 Å². The number of carbonyl (C=O) groups excluding carboxylic acids is 1. The van der Waals surface area contributed by atoms with E-state index in [1.807, 2.05) is 79.9 Å². The predicted octanol–water partition coefficient (Wildman–Crippen LogP) is 5.60. The standard InChI is InChI=1S/C26H25N3O/c1-18-15-24-25(16-19(18)2)29(17-27-24)23-12-8-21(9-13-23)26(30)14-7-20-5-10-22(11-6-20)28(3)4/h5-17H,1-4H3/b14-7+. The molecule has 0 atom stereocenters. The lowest BCUT2D eigenvalue weighted by molar-refractivity contribution is 0.104. The van der Waals surface area contributed by atoms with Crippen LogP contribution in [0.4, 0.5) is 5.69 Å². The number of carbonyl (C=O) groups is 1. The van der Waals surface area contributed by atoms with Crippen LogP contribution in [0, 0.1) is 13.8 Å². The molecule has 1 aromatic heterocycles. The Kier molecular flexibility index (Phi) is 5.23. The number of allylic oxidation sites excluding steroid dienone is 1. The summed E-state index contributed by atoms with van der Waals surface area (Å²) in [6.07, 6.45) is 5.31. The lowest BCUT2D eigenvalue weighted by atomic mass is 10.1. The second kappa shape index (κ2) is 7.99. The molecule has 0 aliphatic carbocycles. The van der Waals surface area contributed by atoms with Crippen molar-refractivity contribution in [2.75, 3.05) is 19.0 Å². The zero-order valence-corrected chi connectivity index (χ0v) is 17.8. The van der Waals surface area contributed by atoms with Crippen molar-refractivity contribution in [1.29, 1.82) is 0 Å². The number of aryl methyl sites for hydroxylation is 2. The smallest absolute Gasteiger partial charge is 0.185 e. The van der Waals surface area contributed by atoms with Crippen molar-refractivity contribution in [3.05, 3.63) is 95.3 Å². The monoisotopic (exact) mass is 395 g/mol. The lowest BCUT2D eigenvalue weighted by Crippen LogP contribution is -2.07. The largest absolute Gasteiger partial charge is 0.378 e. The van der Waals surface area contributed by atoms with Gasteiger partial charge in [0.25, 0.3) is 0 Å². The van der Waals surface area contributed by atoms with E-state index in [4.69, 9.17) is 0 Å². The minimum absolute atomic E-state index is 0.0137. The van der Waals surface area contributed by atoms with E-state index >= 15 is 0 Å². The highest BCUT2D eigenvalue weighted by molar-refractivity contribution is 6.06. The van der Waals surface area contributed by atoms with Crippen LogP contribution in [0.3, 0.4) is 0 Å². The Morgan fingerprint density at radius 2 is 1.60 bits per heavy atom. The first kappa shape index (κ1) is 19.6. The van der Waals surface area contributed by atoms with E-state index in [2.05, 4.69) is 35.5 Å². The number of aromatic nitrogens is 2. The van der Waals surface area contributed by atoms with E-state index in [1.165, 1.54) is 11.1 Å². The van der Waals surface area contributed by atoms with Crippen molar-refractivity contribution < 1.29 is 4.79 Å². The Bertz CT molecular complexity index is 1230. The van der Waals surface area contributed by atoms with E-state index in [-0.39, 0.29) is 5.78 Å². The fraction of sp³-hybridized carbons (Fsp3) is 0.154. The Morgan fingerprint density at radius 1 is 0.933 bits per heavy atom. The fourth-order valence-corrected chi connectivity index (χ4v) is 3.41. The summed E-state index contributed by atoms with van der Waals surface area (Å²) in [4.78, 5) is 19.1. The van der Waals surface area contributed by atoms with Gasteiger partial charge in [-0.3, -0.25) is 9.36 Å². The van der Waals surface area contributed by atoms with Gasteiger partial charge in [-0.25, -0.2) is 4.98 Å². The molecule has 0 saturated heterocycles. The van der Waals surface area contributed by atoms with Gasteiger partial charge in [-0.15, -0.1) is 0 Å². The van der Waals surface area contributed by atoms with Crippen molar-refractivity contribution in [2.45, 2.75) is 13.8 Å². The van der Waals surface area contributed by atoms with Crippen molar-refractivity contribution in [1.82, 2.24) is 9.55 Å². The number of benzene rings is 3. The summed E-state index contributed by atoms with van der Waals surface area (Å²) in [6, 6.07) is 20.0. The molecule has 0 N–H and O–H groups in total. The van der Waals surface area contributed by atoms with Crippen LogP contribution in [0.15, 0.2) is 73.1 Å². The second-order valence-corrected chi connectivity index (χ2v) is 7.77. The Hall–Kier alpha value is -3.66. The highest BCUT2D eigenvalue weighted by atomic mass is 16.1. The fourth-order valence-electron chi connectivity index (χ4n) is 3.41. The second-order valence-electron chi connectivity index (χ2n) is 7.77. The zero-order chi connectivity index (χ0) is 21.3. The van der Waals surface area contributed by atoms with Crippen molar-refractivity contribution in [3.8, 4) is 5.69 Å². The van der Waals surface area contributed by atoms with Gasteiger partial charge in [0.1, 0.15) is 6.33 Å². The number of anilines is 1. The summed E-state index contributed by atoms with van der Waals surface area (Å²) < 4.78 is 2.05. The molecule has 0 spiro atoms. The third-order valence-corrected chi connectivity index (χ3v) is 5.43. The number of nitrogens with zero attached hydrogens (tertiary/aromatic N) is 3. The molecule has 0 fully saturated rings. The molecule has 4 aromatic rings. The van der Waals surface area contributed by atoms with Crippen LogP contribution < -0.4 is 4.90 Å². The third-order valence-electron chi connectivity index (χ3n) is 5.43. The molecular weight excluding hydrogens is 370 g/mol. The van der Waals surface area contributed by atoms with E-state index in [1.54, 1.807) is 6.08 Å². The first-order chi connectivity index (χ1) is 14.4. The molecule has 0 unspecified atom stereocenters. The number of hydrogen-bond donors (Lipinski definition) is 0. The number of fused-ring (bicyclic) bond motifs is 1. The normalized spacial score (nSPS) is 11.3. The summed E-state index contributed by atoms with van der Waals surface area (Å²) in [5.41, 5.74) is 8.29. The molecule has 0 saturated carbocycles. The van der Waals surface area contributed by atoms with Gasteiger partial charge in [0, 0.05) is 31.0 Å². The molecule has 30 heavy (non-hydrogen) atoms. The summed E-state index contributed by atoms with van der Waals surface area (Å²) in [6.45, 7) is 4.20. The van der Waals surface area contributed by atoms with Crippen LogP contribution in [0.5, 0.6) is 0 Å². The molecule has 0 amide bonds. The van der Waals surface area contributed by atoms with Gasteiger partial charge in [-0.1, -0.05) is 18.2 Å². The molecule has 0 radical (unpaired) electrons. The summed E-state index contributed by atoms with van der Waals surface area (Å²) >= 11 is 0. The highest BCUT2D eigenvalue weighted by Crippen LogP contribution is 2.22. The van der Waals surface area contributed by atoms with Gasteiger partial charge in [0.15, 0.2) is 5.78 Å². The van der Waals surface area contributed by atoms with Gasteiger partial charge >= 0.3 is 0 Å². The molecule has 4 rings (SSSR count). The molecule has 4 nitrogen and oxygen atoms in total. The predicted molar refractivity (Wildman–Crippen MR) is 125 cm³/mol. The maximum atomic E-state index is 12.6. The Morgan fingerprint density at radius 3 is 2.27 bits per heavy atom. The van der Waals surface area contributed by atoms with Gasteiger partial charge in [-0.05, 0) is 85.1 Å². The SMILES string of the molecule is Cc1cc2ncn(-c3ccc(C(=O)/C=C/c4ccc(N(C)C)cc4)cc3)c2cc1C. The minimum atomic E-state index is -0.0137. The Labute approximate surface area is 177 Å². The van der Waals surface area contributed by atoms with E-state index < -0.39 is 0 Å². The van der Waals surface area contributed by atoms with Crippen LogP contribution in [0.1, 0.15) is 27.0 Å². The lowest BCUT2D eigenvalue weighted by Gasteiger charge is -2.11. The quantitative estimate of drug-likeness (QED) is 0.326. The molecule has 0 bridgehead atoms. The molecule has 0 aliphatic heterocycles. The number of rotatable bonds is 5. The molecule has 1 heterocycles. The van der Waals surface area contributed by atoms with Gasteiger partial charge in [-0.2, -0.15) is 0 Å². The maximum Gasteiger partial charge on any atom is 0.185 e. The first-order valence-electron chi connectivity index (χ1n) is 9.97. The van der Waals surface area contributed by atoms with Gasteiger partial charge < -0.3 is 4.90 Å². The molecule has 3 aromatic carbocycles. The van der Waals surface area contributed by atoms with E-state index in [0.717, 1.165) is 28.0 Å². The van der Waals surface area contributed by atoms with Crippen molar-refractivity contribution >= 4 is 28.6 Å². The van der Waals surface area contributed by atoms with Gasteiger partial charge in [0.05, 0.1) is 11.0 Å². The number of ketones is 1. The summed E-state index contributed by atoms with van der Waals surface area (Å²) in [5.74, 6) is -0.0137. The number of hydrogen-bond acceptors (Lipinski definition) is 3. The summed E-state index contributed by atoms with van der Waals surface area (Å²) in [5, 5.41) is 0. The maximum absolute atomic E-state index is 12.6. The molecule has 0 aliphatic rings. The topological polar surface area (TPSA) is 38.1 Å². The minimum Gasteiger partial charge on any atom is -0.378 e. The zero-order valence-electron chi connectivity index (χ0n) is 17.8. The van der Waals surface area contributed by atoms with E-state index in [9.17, 15) is 4.79 Å². The van der Waals surface area contributed by atoms with Crippen molar-refractivity contribution in [2.24, 2.45) is 0 Å². The summed E-state index contributed by atoms with van der Waals surface area (Å²) in [7, 11) is 4.01. The van der Waals surface area contributed by atoms with Gasteiger partial charge in [0.2, 0.25) is 0 Å². The molecule has 150 valence electrons. The first-order valence-corrected chi connectivity index (χ1v) is 9.97. The highest BCUT2D eigenvalue weighted by Gasteiger charge is 2.08. The average molecular weight is 396 g/mol. The molecule has 4 heteroatoms. The average Bonchev–Trinajstić information content (AvgIpc) is 3.15. The van der Waals surface area contributed by atoms with E-state index in [0.29, 0.717) is 5.56 Å². The Balaban J connectivity index is 1.53.